The summed E-state index contributed by atoms with van der Waals surface area (Å²) in [4.78, 5) is 15.5. The van der Waals surface area contributed by atoms with Crippen molar-refractivity contribution in [2.75, 3.05) is 13.2 Å². The van der Waals surface area contributed by atoms with Crippen molar-refractivity contribution in [1.82, 2.24) is 4.90 Å². The summed E-state index contributed by atoms with van der Waals surface area (Å²) in [7, 11) is 0. The maximum atomic E-state index is 12.7. The average Bonchev–Trinajstić information content (AvgIpc) is 3.01. The molecule has 110 valence electrons. The molecule has 4 heteroatoms. The van der Waals surface area contributed by atoms with Crippen LogP contribution in [0.5, 0.6) is 0 Å². The molecule has 21 heavy (non-hydrogen) atoms. The number of nitrogens with zero attached hydrogens (tertiary/aromatic N) is 1. The van der Waals surface area contributed by atoms with Crippen LogP contribution in [0.15, 0.2) is 47.8 Å². The van der Waals surface area contributed by atoms with Gasteiger partial charge in [0.05, 0.1) is 23.6 Å². The third-order valence-corrected chi connectivity index (χ3v) is 4.72. The van der Waals surface area contributed by atoms with Gasteiger partial charge in [-0.15, -0.1) is 11.3 Å². The first-order chi connectivity index (χ1) is 10.1. The van der Waals surface area contributed by atoms with Gasteiger partial charge in [-0.2, -0.15) is 0 Å². The first-order valence-corrected chi connectivity index (χ1v) is 7.98. The largest absolute Gasteiger partial charge is 0.369 e. The second kappa shape index (κ2) is 5.62. The van der Waals surface area contributed by atoms with Crippen molar-refractivity contribution in [2.24, 2.45) is 0 Å². The number of morpholine rings is 1. The van der Waals surface area contributed by atoms with Gasteiger partial charge in [0.25, 0.3) is 5.91 Å². The number of thiophene rings is 1. The number of ether oxygens (including phenoxy) is 1. The molecule has 0 saturated carbocycles. The summed E-state index contributed by atoms with van der Waals surface area (Å²) in [5, 5.41) is 1.94. The molecule has 1 aromatic heterocycles. The van der Waals surface area contributed by atoms with E-state index in [1.54, 1.807) is 0 Å². The van der Waals surface area contributed by atoms with E-state index in [1.165, 1.54) is 11.3 Å². The van der Waals surface area contributed by atoms with Crippen LogP contribution in [-0.2, 0) is 4.74 Å². The van der Waals surface area contributed by atoms with Crippen LogP contribution in [0.4, 0.5) is 0 Å². The molecular formula is C17H19NO2S. The Kier molecular flexibility index (Phi) is 3.83. The number of rotatable bonds is 2. The fourth-order valence-corrected chi connectivity index (χ4v) is 3.28. The Balaban J connectivity index is 1.85. The standard InChI is InChI=1S/C17H19NO2S/c1-17(2)12-20-14(13-7-4-3-5-8-13)11-18(17)16(19)15-9-6-10-21-15/h3-10,14H,11-12H2,1-2H3. The van der Waals surface area contributed by atoms with Gasteiger partial charge in [0.15, 0.2) is 0 Å². The lowest BCUT2D eigenvalue weighted by Gasteiger charge is -2.45. The van der Waals surface area contributed by atoms with Crippen molar-refractivity contribution in [3.8, 4) is 0 Å². The summed E-state index contributed by atoms with van der Waals surface area (Å²) in [5.41, 5.74) is 0.837. The zero-order chi connectivity index (χ0) is 14.9. The molecule has 0 spiro atoms. The molecule has 1 unspecified atom stereocenters. The number of benzene rings is 1. The molecular weight excluding hydrogens is 282 g/mol. The number of amides is 1. The van der Waals surface area contributed by atoms with E-state index in [-0.39, 0.29) is 17.6 Å². The lowest BCUT2D eigenvalue weighted by Crippen LogP contribution is -2.56. The molecule has 1 amide bonds. The van der Waals surface area contributed by atoms with Gasteiger partial charge in [0.2, 0.25) is 0 Å². The maximum Gasteiger partial charge on any atom is 0.264 e. The van der Waals surface area contributed by atoms with Gasteiger partial charge in [0, 0.05) is 0 Å². The number of hydrogen-bond acceptors (Lipinski definition) is 3. The lowest BCUT2D eigenvalue weighted by molar-refractivity contribution is -0.0845. The van der Waals surface area contributed by atoms with Crippen molar-refractivity contribution in [3.05, 3.63) is 58.3 Å². The molecule has 1 aromatic carbocycles. The minimum atomic E-state index is -0.285. The van der Waals surface area contributed by atoms with Crippen molar-refractivity contribution < 1.29 is 9.53 Å². The predicted molar refractivity (Wildman–Crippen MR) is 84.6 cm³/mol. The molecule has 1 atom stereocenters. The molecule has 1 aliphatic heterocycles. The number of hydrogen-bond donors (Lipinski definition) is 0. The smallest absolute Gasteiger partial charge is 0.264 e. The highest BCUT2D eigenvalue weighted by Gasteiger charge is 2.39. The van der Waals surface area contributed by atoms with Crippen LogP contribution in [0, 0.1) is 0 Å². The Labute approximate surface area is 129 Å². The van der Waals surface area contributed by atoms with E-state index >= 15 is 0 Å². The van der Waals surface area contributed by atoms with Crippen LogP contribution in [0.25, 0.3) is 0 Å². The Morgan fingerprint density at radius 1 is 1.24 bits per heavy atom. The second-order valence-corrected chi connectivity index (χ2v) is 6.86. The molecule has 2 aromatic rings. The Bertz CT molecular complexity index is 607. The normalized spacial score (nSPS) is 21.2. The van der Waals surface area contributed by atoms with E-state index in [4.69, 9.17) is 4.74 Å². The summed E-state index contributed by atoms with van der Waals surface area (Å²) >= 11 is 1.49. The highest BCUT2D eigenvalue weighted by atomic mass is 32.1. The number of carbonyl (C=O) groups is 1. The van der Waals surface area contributed by atoms with Gasteiger partial charge in [-0.05, 0) is 30.9 Å². The Morgan fingerprint density at radius 3 is 2.67 bits per heavy atom. The SMILES string of the molecule is CC1(C)COC(c2ccccc2)CN1C(=O)c1cccs1. The van der Waals surface area contributed by atoms with Crippen LogP contribution in [0.2, 0.25) is 0 Å². The van der Waals surface area contributed by atoms with Crippen molar-refractivity contribution in [2.45, 2.75) is 25.5 Å². The van der Waals surface area contributed by atoms with E-state index in [1.807, 2.05) is 40.6 Å². The quantitative estimate of drug-likeness (QED) is 0.845. The zero-order valence-electron chi connectivity index (χ0n) is 12.3. The van der Waals surface area contributed by atoms with E-state index < -0.39 is 0 Å². The second-order valence-electron chi connectivity index (χ2n) is 5.92. The maximum absolute atomic E-state index is 12.7. The van der Waals surface area contributed by atoms with E-state index in [0.29, 0.717) is 13.2 Å². The predicted octanol–water partition coefficient (Wildman–Crippen LogP) is 3.74. The first kappa shape index (κ1) is 14.3. The highest BCUT2D eigenvalue weighted by Crippen LogP contribution is 2.32. The van der Waals surface area contributed by atoms with Gasteiger partial charge in [-0.3, -0.25) is 4.79 Å². The van der Waals surface area contributed by atoms with Crippen LogP contribution >= 0.6 is 11.3 Å². The molecule has 0 bridgehead atoms. The van der Waals surface area contributed by atoms with Gasteiger partial charge in [0.1, 0.15) is 6.10 Å². The third-order valence-electron chi connectivity index (χ3n) is 3.87. The van der Waals surface area contributed by atoms with Crippen molar-refractivity contribution >= 4 is 17.2 Å². The zero-order valence-corrected chi connectivity index (χ0v) is 13.1. The first-order valence-electron chi connectivity index (χ1n) is 7.10. The molecule has 1 fully saturated rings. The van der Waals surface area contributed by atoms with Gasteiger partial charge in [-0.25, -0.2) is 0 Å². The fourth-order valence-electron chi connectivity index (χ4n) is 2.61. The Hall–Kier alpha value is -1.65. The summed E-state index contributed by atoms with van der Waals surface area (Å²) in [6.07, 6.45) is -0.0527. The number of carbonyl (C=O) groups excluding carboxylic acids is 1. The summed E-state index contributed by atoms with van der Waals surface area (Å²) in [6, 6.07) is 13.9. The van der Waals surface area contributed by atoms with Gasteiger partial charge >= 0.3 is 0 Å². The van der Waals surface area contributed by atoms with E-state index in [0.717, 1.165) is 10.4 Å². The van der Waals surface area contributed by atoms with Gasteiger partial charge < -0.3 is 9.64 Å². The topological polar surface area (TPSA) is 29.5 Å². The molecule has 1 saturated heterocycles. The van der Waals surface area contributed by atoms with Crippen molar-refractivity contribution in [1.29, 1.82) is 0 Å². The van der Waals surface area contributed by atoms with E-state index in [2.05, 4.69) is 26.0 Å². The lowest BCUT2D eigenvalue weighted by atomic mass is 9.98. The Morgan fingerprint density at radius 2 is 2.00 bits per heavy atom. The molecule has 0 N–H and O–H groups in total. The average molecular weight is 301 g/mol. The van der Waals surface area contributed by atoms with Crippen LogP contribution in [0.3, 0.4) is 0 Å². The molecule has 0 radical (unpaired) electrons. The fraction of sp³-hybridized carbons (Fsp3) is 0.353. The van der Waals surface area contributed by atoms with Crippen LogP contribution in [-0.4, -0.2) is 29.5 Å². The highest BCUT2D eigenvalue weighted by molar-refractivity contribution is 7.12. The summed E-state index contributed by atoms with van der Waals surface area (Å²) in [6.45, 7) is 5.25. The third kappa shape index (κ3) is 2.87. The molecule has 3 nitrogen and oxygen atoms in total. The molecule has 1 aliphatic rings. The van der Waals surface area contributed by atoms with Gasteiger partial charge in [-0.1, -0.05) is 36.4 Å². The summed E-state index contributed by atoms with van der Waals surface area (Å²) < 4.78 is 5.99. The van der Waals surface area contributed by atoms with Crippen LogP contribution < -0.4 is 0 Å². The molecule has 0 aliphatic carbocycles. The molecule has 3 rings (SSSR count). The summed E-state index contributed by atoms with van der Waals surface area (Å²) in [5.74, 6) is 0.0965. The van der Waals surface area contributed by atoms with E-state index in [9.17, 15) is 4.79 Å². The minimum Gasteiger partial charge on any atom is -0.369 e. The minimum absolute atomic E-state index is 0.0527. The molecule has 2 heterocycles. The van der Waals surface area contributed by atoms with Crippen LogP contribution in [0.1, 0.15) is 35.2 Å². The monoisotopic (exact) mass is 301 g/mol. The van der Waals surface area contributed by atoms with Crippen molar-refractivity contribution in [3.63, 3.8) is 0 Å².